The van der Waals surface area contributed by atoms with Crippen molar-refractivity contribution in [1.29, 1.82) is 0 Å². The van der Waals surface area contributed by atoms with Crippen LogP contribution >= 0.6 is 0 Å². The molecular weight excluding hydrogens is 350 g/mol. The second-order valence-corrected chi connectivity index (χ2v) is 6.68. The number of nitrogens with zero attached hydrogens (tertiary/aromatic N) is 1. The molecule has 0 saturated carbocycles. The maximum atomic E-state index is 12.8. The van der Waals surface area contributed by atoms with Gasteiger partial charge in [-0.3, -0.25) is 4.79 Å². The number of rotatable bonds is 5. The Hall–Kier alpha value is -3.60. The second kappa shape index (κ2) is 7.56. The fourth-order valence-electron chi connectivity index (χ4n) is 3.15. The lowest BCUT2D eigenvalue weighted by molar-refractivity contribution is -0.116. The molecule has 1 heterocycles. The summed E-state index contributed by atoms with van der Waals surface area (Å²) >= 11 is 0. The first-order chi connectivity index (χ1) is 13.6. The van der Waals surface area contributed by atoms with Crippen LogP contribution in [0, 0.1) is 6.92 Å². The molecule has 1 atom stereocenters. The summed E-state index contributed by atoms with van der Waals surface area (Å²) in [6.45, 7) is 3.64. The van der Waals surface area contributed by atoms with Gasteiger partial charge in [-0.2, -0.15) is 0 Å². The maximum Gasteiger partial charge on any atom is 0.246 e. The van der Waals surface area contributed by atoms with Gasteiger partial charge in [0.1, 0.15) is 11.6 Å². The number of hydrogen-bond acceptors (Lipinski definition) is 4. The molecule has 28 heavy (non-hydrogen) atoms. The summed E-state index contributed by atoms with van der Waals surface area (Å²) in [6.07, 6.45) is 0. The molecule has 0 aliphatic carbocycles. The molecule has 1 unspecified atom stereocenters. The number of fused-ring (bicyclic) bond motifs is 1. The zero-order chi connectivity index (χ0) is 19.5. The van der Waals surface area contributed by atoms with Crippen molar-refractivity contribution < 1.29 is 9.21 Å². The number of para-hydroxylation sites is 1. The number of aryl methyl sites for hydroxylation is 1. The molecule has 0 aliphatic rings. The zero-order valence-corrected chi connectivity index (χ0v) is 15.8. The number of oxazole rings is 1. The van der Waals surface area contributed by atoms with Crippen molar-refractivity contribution in [3.63, 3.8) is 0 Å². The summed E-state index contributed by atoms with van der Waals surface area (Å²) in [5, 5.41) is 6.26. The number of nitrogens with one attached hydrogen (secondary N) is 2. The van der Waals surface area contributed by atoms with Crippen LogP contribution in [0.15, 0.2) is 77.2 Å². The van der Waals surface area contributed by atoms with Gasteiger partial charge in [0.25, 0.3) is 0 Å². The van der Waals surface area contributed by atoms with Gasteiger partial charge in [0.05, 0.1) is 0 Å². The third-order valence-corrected chi connectivity index (χ3v) is 4.54. The van der Waals surface area contributed by atoms with Gasteiger partial charge in [-0.15, -0.1) is 0 Å². The number of hydrogen-bond donors (Lipinski definition) is 2. The van der Waals surface area contributed by atoms with Gasteiger partial charge in [0.15, 0.2) is 11.5 Å². The molecule has 0 spiro atoms. The Balaban J connectivity index is 1.50. The van der Waals surface area contributed by atoms with E-state index < -0.39 is 6.04 Å². The predicted molar refractivity (Wildman–Crippen MR) is 112 cm³/mol. The Morgan fingerprint density at radius 1 is 1.00 bits per heavy atom. The minimum absolute atomic E-state index is 0.111. The molecule has 5 heteroatoms. The predicted octanol–water partition coefficient (Wildman–Crippen LogP) is 5.24. The van der Waals surface area contributed by atoms with E-state index in [4.69, 9.17) is 4.42 Å². The largest absolute Gasteiger partial charge is 0.441 e. The first kappa shape index (κ1) is 17.8. The fourth-order valence-corrected chi connectivity index (χ4v) is 3.15. The summed E-state index contributed by atoms with van der Waals surface area (Å²) in [6, 6.07) is 23.0. The Morgan fingerprint density at radius 2 is 1.75 bits per heavy atom. The minimum atomic E-state index is -0.422. The van der Waals surface area contributed by atoms with E-state index in [9.17, 15) is 4.79 Å². The van der Waals surface area contributed by atoms with Crippen molar-refractivity contribution in [2.24, 2.45) is 0 Å². The second-order valence-electron chi connectivity index (χ2n) is 6.68. The molecule has 0 bridgehead atoms. The Morgan fingerprint density at radius 3 is 2.57 bits per heavy atom. The smallest absolute Gasteiger partial charge is 0.246 e. The third kappa shape index (κ3) is 3.74. The van der Waals surface area contributed by atoms with Crippen molar-refractivity contribution in [1.82, 2.24) is 4.98 Å². The number of anilines is 2. The molecule has 5 nitrogen and oxygen atoms in total. The molecule has 4 rings (SSSR count). The quantitative estimate of drug-likeness (QED) is 0.503. The molecule has 1 aromatic heterocycles. The van der Waals surface area contributed by atoms with E-state index >= 15 is 0 Å². The van der Waals surface area contributed by atoms with Crippen molar-refractivity contribution in [3.8, 4) is 11.1 Å². The molecule has 140 valence electrons. The molecular formula is C23H21N3O2. The van der Waals surface area contributed by atoms with Crippen LogP contribution in [0.2, 0.25) is 0 Å². The number of benzene rings is 3. The normalized spacial score (nSPS) is 11.9. The van der Waals surface area contributed by atoms with E-state index in [1.54, 1.807) is 0 Å². The van der Waals surface area contributed by atoms with E-state index in [1.807, 2.05) is 86.6 Å². The van der Waals surface area contributed by atoms with E-state index in [0.717, 1.165) is 33.6 Å². The van der Waals surface area contributed by atoms with Gasteiger partial charge in [-0.05, 0) is 36.8 Å². The van der Waals surface area contributed by atoms with Gasteiger partial charge in [-0.25, -0.2) is 4.98 Å². The maximum absolute atomic E-state index is 12.8. The zero-order valence-electron chi connectivity index (χ0n) is 15.8. The van der Waals surface area contributed by atoms with Crippen LogP contribution in [-0.2, 0) is 4.79 Å². The van der Waals surface area contributed by atoms with Gasteiger partial charge in [0.2, 0.25) is 5.91 Å². The van der Waals surface area contributed by atoms with E-state index in [2.05, 4.69) is 15.6 Å². The highest BCUT2D eigenvalue weighted by molar-refractivity contribution is 5.99. The van der Waals surface area contributed by atoms with Crippen molar-refractivity contribution >= 4 is 28.4 Å². The van der Waals surface area contributed by atoms with Crippen LogP contribution < -0.4 is 10.6 Å². The van der Waals surface area contributed by atoms with Gasteiger partial charge in [-0.1, -0.05) is 48.5 Å². The molecule has 0 aliphatic heterocycles. The molecule has 2 N–H and O–H groups in total. The standard InChI is InChI=1S/C23H21N3O2/c1-15(24-18-12-13-22-21(14-18)25-16(2)28-22)23(27)26-20-11-7-6-10-19(20)17-8-4-3-5-9-17/h3-15,24H,1-2H3,(H,26,27). The highest BCUT2D eigenvalue weighted by Gasteiger charge is 2.15. The number of carbonyl (C=O) groups is 1. The summed E-state index contributed by atoms with van der Waals surface area (Å²) in [5.74, 6) is 0.510. The molecule has 3 aromatic carbocycles. The van der Waals surface area contributed by atoms with Crippen LogP contribution in [0.3, 0.4) is 0 Å². The average Bonchev–Trinajstić information content (AvgIpc) is 3.08. The van der Waals surface area contributed by atoms with Crippen molar-refractivity contribution in [3.05, 3.63) is 78.7 Å². The lowest BCUT2D eigenvalue weighted by Gasteiger charge is -2.17. The first-order valence-corrected chi connectivity index (χ1v) is 9.19. The molecule has 1 amide bonds. The van der Waals surface area contributed by atoms with Gasteiger partial charge < -0.3 is 15.1 Å². The Labute approximate surface area is 163 Å². The monoisotopic (exact) mass is 371 g/mol. The number of aromatic nitrogens is 1. The summed E-state index contributed by atoms with van der Waals surface area (Å²) in [7, 11) is 0. The van der Waals surface area contributed by atoms with Gasteiger partial charge >= 0.3 is 0 Å². The van der Waals surface area contributed by atoms with E-state index in [-0.39, 0.29) is 5.91 Å². The van der Waals surface area contributed by atoms with E-state index in [1.165, 1.54) is 0 Å². The molecule has 0 saturated heterocycles. The summed E-state index contributed by atoms with van der Waals surface area (Å²) in [4.78, 5) is 17.1. The van der Waals surface area contributed by atoms with Crippen molar-refractivity contribution in [2.45, 2.75) is 19.9 Å². The van der Waals surface area contributed by atoms with Crippen LogP contribution in [0.4, 0.5) is 11.4 Å². The topological polar surface area (TPSA) is 67.2 Å². The molecule has 0 radical (unpaired) electrons. The molecule has 0 fully saturated rings. The Bertz CT molecular complexity index is 1120. The van der Waals surface area contributed by atoms with E-state index in [0.29, 0.717) is 5.89 Å². The van der Waals surface area contributed by atoms with Crippen LogP contribution in [-0.4, -0.2) is 16.9 Å². The lowest BCUT2D eigenvalue weighted by atomic mass is 10.0. The van der Waals surface area contributed by atoms with Crippen LogP contribution in [0.5, 0.6) is 0 Å². The average molecular weight is 371 g/mol. The minimum Gasteiger partial charge on any atom is -0.441 e. The van der Waals surface area contributed by atoms with Crippen LogP contribution in [0.1, 0.15) is 12.8 Å². The van der Waals surface area contributed by atoms with Gasteiger partial charge in [0, 0.05) is 23.9 Å². The number of amides is 1. The SMILES string of the molecule is Cc1nc2cc(NC(C)C(=O)Nc3ccccc3-c3ccccc3)ccc2o1. The van der Waals surface area contributed by atoms with Crippen LogP contribution in [0.25, 0.3) is 22.2 Å². The number of carbonyl (C=O) groups excluding carboxylic acids is 1. The Kier molecular flexibility index (Phi) is 4.81. The molecule has 4 aromatic rings. The first-order valence-electron chi connectivity index (χ1n) is 9.19. The third-order valence-electron chi connectivity index (χ3n) is 4.54. The summed E-state index contributed by atoms with van der Waals surface area (Å²) in [5.41, 5.74) is 5.16. The lowest BCUT2D eigenvalue weighted by Crippen LogP contribution is -2.32. The van der Waals surface area contributed by atoms with Crippen molar-refractivity contribution in [2.75, 3.05) is 10.6 Å². The fraction of sp³-hybridized carbons (Fsp3) is 0.130. The summed E-state index contributed by atoms with van der Waals surface area (Å²) < 4.78 is 5.49. The highest BCUT2D eigenvalue weighted by atomic mass is 16.3. The highest BCUT2D eigenvalue weighted by Crippen LogP contribution is 2.28.